The molecular formula is C22H29ClF2N6O3. The smallest absolute Gasteiger partial charge is 0.269 e. The van der Waals surface area contributed by atoms with E-state index in [2.05, 4.69) is 39.5 Å². The second-order valence-corrected chi connectivity index (χ2v) is 8.81. The van der Waals surface area contributed by atoms with E-state index in [-0.39, 0.29) is 36.5 Å². The number of carbonyl (C=O) groups is 2. The first-order chi connectivity index (χ1) is 16.2. The number of anilines is 1. The number of ether oxygens (including phenoxy) is 1. The van der Waals surface area contributed by atoms with Crippen LogP contribution >= 0.6 is 11.6 Å². The van der Waals surface area contributed by atoms with Crippen LogP contribution in [0.4, 0.5) is 14.6 Å². The maximum Gasteiger partial charge on any atom is 0.269 e. The predicted molar refractivity (Wildman–Crippen MR) is 123 cm³/mol. The summed E-state index contributed by atoms with van der Waals surface area (Å²) < 4.78 is 31.0. The molecule has 1 aliphatic rings. The third kappa shape index (κ3) is 7.71. The maximum atomic E-state index is 13.0. The van der Waals surface area contributed by atoms with Crippen molar-refractivity contribution < 1.29 is 23.1 Å². The monoisotopic (exact) mass is 498 g/mol. The van der Waals surface area contributed by atoms with Gasteiger partial charge in [-0.2, -0.15) is 5.10 Å². The Bertz CT molecular complexity index is 962. The molecule has 186 valence electrons. The molecule has 0 spiro atoms. The number of likely N-dealkylation sites (tertiary alicyclic amines) is 1. The lowest BCUT2D eigenvalue weighted by molar-refractivity contribution is -0.116. The molecular weight excluding hydrogens is 470 g/mol. The number of amides is 2. The molecule has 2 aromatic heterocycles. The van der Waals surface area contributed by atoms with Crippen molar-refractivity contribution in [3.8, 4) is 0 Å². The van der Waals surface area contributed by atoms with Crippen LogP contribution in [0.5, 0.6) is 0 Å². The van der Waals surface area contributed by atoms with Gasteiger partial charge >= 0.3 is 0 Å². The molecule has 0 bridgehead atoms. The van der Waals surface area contributed by atoms with Crippen LogP contribution < -0.4 is 10.6 Å². The Morgan fingerprint density at radius 1 is 1.26 bits per heavy atom. The predicted octanol–water partition coefficient (Wildman–Crippen LogP) is 2.95. The highest BCUT2D eigenvalue weighted by Gasteiger charge is 2.25. The van der Waals surface area contributed by atoms with E-state index in [4.69, 9.17) is 16.3 Å². The highest BCUT2D eigenvalue weighted by Crippen LogP contribution is 2.15. The summed E-state index contributed by atoms with van der Waals surface area (Å²) in [5.41, 5.74) is 0.430. The van der Waals surface area contributed by atoms with E-state index in [0.717, 1.165) is 25.9 Å². The Morgan fingerprint density at radius 3 is 2.62 bits per heavy atom. The third-order valence-corrected chi connectivity index (χ3v) is 5.66. The molecule has 3 heterocycles. The number of hydrogen-bond donors (Lipinski definition) is 2. The van der Waals surface area contributed by atoms with Gasteiger partial charge in [-0.25, -0.2) is 13.8 Å². The molecule has 1 fully saturated rings. The molecule has 34 heavy (non-hydrogen) atoms. The number of halogens is 3. The fraction of sp³-hybridized carbons (Fsp3) is 0.545. The lowest BCUT2D eigenvalue weighted by Crippen LogP contribution is -2.47. The van der Waals surface area contributed by atoms with E-state index in [0.29, 0.717) is 16.9 Å². The molecule has 2 amide bonds. The van der Waals surface area contributed by atoms with Gasteiger partial charge in [0.2, 0.25) is 5.91 Å². The van der Waals surface area contributed by atoms with Crippen molar-refractivity contribution in [2.75, 3.05) is 25.0 Å². The van der Waals surface area contributed by atoms with Gasteiger partial charge in [-0.1, -0.05) is 11.6 Å². The van der Waals surface area contributed by atoms with E-state index in [1.807, 2.05) is 0 Å². The van der Waals surface area contributed by atoms with E-state index in [9.17, 15) is 18.4 Å². The van der Waals surface area contributed by atoms with Gasteiger partial charge in [-0.05, 0) is 44.9 Å². The number of aromatic nitrogens is 3. The van der Waals surface area contributed by atoms with Crippen molar-refractivity contribution in [3.63, 3.8) is 0 Å². The Morgan fingerprint density at radius 2 is 2.00 bits per heavy atom. The largest absolute Gasteiger partial charge is 0.369 e. The molecule has 2 N–H and O–H groups in total. The fourth-order valence-corrected chi connectivity index (χ4v) is 3.80. The second-order valence-electron chi connectivity index (χ2n) is 8.37. The molecule has 9 nitrogen and oxygen atoms in total. The minimum absolute atomic E-state index is 0.00326. The number of nitrogens with one attached hydrogen (secondary N) is 2. The lowest BCUT2D eigenvalue weighted by atomic mass is 10.0. The molecule has 0 atom stereocenters. The minimum atomic E-state index is -2.61. The fourth-order valence-electron chi connectivity index (χ4n) is 3.68. The van der Waals surface area contributed by atoms with Gasteiger partial charge < -0.3 is 20.3 Å². The average molecular weight is 499 g/mol. The van der Waals surface area contributed by atoms with Crippen molar-refractivity contribution in [1.82, 2.24) is 25.0 Å². The molecule has 0 aromatic carbocycles. The number of rotatable bonds is 10. The zero-order valence-corrected chi connectivity index (χ0v) is 19.9. The highest BCUT2D eigenvalue weighted by molar-refractivity contribution is 6.30. The number of carbonyl (C=O) groups excluding carboxylic acids is 2. The van der Waals surface area contributed by atoms with Gasteiger partial charge in [0, 0.05) is 31.4 Å². The standard InChI is InChI=1S/C22H29ClF2N6O3/c1-14(2)30-7-5-16(6-8-30)27-22(33)18-9-17(12-34-13-19(24)25)29-31(18)11-21(32)28-20-4-3-15(23)10-26-20/h3-4,9-10,14,16,19H,5-8,11-13H2,1-2H3,(H,27,33)(H,26,28,32). The lowest BCUT2D eigenvalue weighted by Gasteiger charge is -2.34. The van der Waals surface area contributed by atoms with Crippen LogP contribution in [0.25, 0.3) is 0 Å². The Balaban J connectivity index is 1.68. The summed E-state index contributed by atoms with van der Waals surface area (Å²) in [4.78, 5) is 31.9. The molecule has 3 rings (SSSR count). The Hall–Kier alpha value is -2.63. The van der Waals surface area contributed by atoms with Crippen LogP contribution in [0.2, 0.25) is 5.02 Å². The average Bonchev–Trinajstić information content (AvgIpc) is 3.18. The molecule has 0 saturated carbocycles. The maximum absolute atomic E-state index is 13.0. The summed E-state index contributed by atoms with van der Waals surface area (Å²) in [6.07, 6.45) is 0.405. The van der Waals surface area contributed by atoms with Gasteiger partial charge in [-0.15, -0.1) is 0 Å². The van der Waals surface area contributed by atoms with Gasteiger partial charge in [-0.3, -0.25) is 14.3 Å². The van der Waals surface area contributed by atoms with Gasteiger partial charge in [0.15, 0.2) is 0 Å². The van der Waals surface area contributed by atoms with Crippen molar-refractivity contribution in [3.05, 3.63) is 40.8 Å². The quantitative estimate of drug-likeness (QED) is 0.522. The summed E-state index contributed by atoms with van der Waals surface area (Å²) in [5, 5.41) is 10.3. The summed E-state index contributed by atoms with van der Waals surface area (Å²) >= 11 is 5.81. The number of alkyl halides is 2. The molecule has 12 heteroatoms. The van der Waals surface area contributed by atoms with E-state index in [1.165, 1.54) is 16.9 Å². The SMILES string of the molecule is CC(C)N1CCC(NC(=O)c2cc(COCC(F)F)nn2CC(=O)Nc2ccc(Cl)cn2)CC1. The molecule has 0 aliphatic carbocycles. The normalized spacial score (nSPS) is 15.1. The summed E-state index contributed by atoms with van der Waals surface area (Å²) in [7, 11) is 0. The molecule has 1 saturated heterocycles. The number of pyridine rings is 1. The van der Waals surface area contributed by atoms with Crippen molar-refractivity contribution >= 4 is 29.2 Å². The first-order valence-corrected chi connectivity index (χ1v) is 11.5. The molecule has 1 aliphatic heterocycles. The van der Waals surface area contributed by atoms with Crippen molar-refractivity contribution in [2.24, 2.45) is 0 Å². The first kappa shape index (κ1) is 26.0. The second kappa shape index (κ2) is 12.2. The molecule has 2 aromatic rings. The van der Waals surface area contributed by atoms with Crippen LogP contribution in [-0.2, 0) is 22.7 Å². The summed E-state index contributed by atoms with van der Waals surface area (Å²) in [6.45, 7) is 4.82. The van der Waals surface area contributed by atoms with Crippen molar-refractivity contribution in [2.45, 2.75) is 58.3 Å². The van der Waals surface area contributed by atoms with E-state index < -0.39 is 18.9 Å². The molecule has 0 unspecified atom stereocenters. The Kier molecular flexibility index (Phi) is 9.31. The van der Waals surface area contributed by atoms with Crippen LogP contribution in [-0.4, -0.2) is 69.7 Å². The topological polar surface area (TPSA) is 101 Å². The van der Waals surface area contributed by atoms with Crippen LogP contribution in [0.15, 0.2) is 24.4 Å². The van der Waals surface area contributed by atoms with Crippen LogP contribution in [0, 0.1) is 0 Å². The van der Waals surface area contributed by atoms with Crippen LogP contribution in [0.1, 0.15) is 42.9 Å². The van der Waals surface area contributed by atoms with Gasteiger partial charge in [0.1, 0.15) is 24.7 Å². The zero-order chi connectivity index (χ0) is 24.7. The molecule has 0 radical (unpaired) electrons. The first-order valence-electron chi connectivity index (χ1n) is 11.1. The zero-order valence-electron chi connectivity index (χ0n) is 19.1. The third-order valence-electron chi connectivity index (χ3n) is 5.44. The highest BCUT2D eigenvalue weighted by atomic mass is 35.5. The Labute approximate surface area is 201 Å². The number of piperidine rings is 1. The van der Waals surface area contributed by atoms with E-state index >= 15 is 0 Å². The summed E-state index contributed by atoms with van der Waals surface area (Å²) in [6, 6.07) is 5.03. The van der Waals surface area contributed by atoms with Gasteiger partial charge in [0.05, 0.1) is 17.3 Å². The van der Waals surface area contributed by atoms with E-state index in [1.54, 1.807) is 12.1 Å². The van der Waals surface area contributed by atoms with Crippen molar-refractivity contribution in [1.29, 1.82) is 0 Å². The van der Waals surface area contributed by atoms with Crippen LogP contribution in [0.3, 0.4) is 0 Å². The summed E-state index contributed by atoms with van der Waals surface area (Å²) in [5.74, 6) is -0.546. The number of hydrogen-bond acceptors (Lipinski definition) is 6. The van der Waals surface area contributed by atoms with Gasteiger partial charge in [0.25, 0.3) is 12.3 Å². The number of nitrogens with zero attached hydrogens (tertiary/aromatic N) is 4. The minimum Gasteiger partial charge on any atom is -0.369 e.